The molecule has 0 saturated heterocycles. The maximum absolute atomic E-state index is 12.9. The van der Waals surface area contributed by atoms with Gasteiger partial charge in [-0.25, -0.2) is 19.9 Å². The number of nitrogens with two attached hydrogens (primary N) is 1. The minimum Gasteiger partial charge on any atom is -0.368 e. The Labute approximate surface area is 179 Å². The van der Waals surface area contributed by atoms with E-state index in [0.717, 1.165) is 28.9 Å². The van der Waals surface area contributed by atoms with Gasteiger partial charge in [0, 0.05) is 30.4 Å². The first-order chi connectivity index (χ1) is 15.3. The zero-order valence-corrected chi connectivity index (χ0v) is 16.7. The molecule has 0 unspecified atom stereocenters. The number of halogens is 3. The average Bonchev–Trinajstić information content (AvgIpc) is 3.41. The van der Waals surface area contributed by atoms with Gasteiger partial charge in [0.25, 0.3) is 0 Å². The van der Waals surface area contributed by atoms with E-state index in [1.165, 1.54) is 12.1 Å². The summed E-state index contributed by atoms with van der Waals surface area (Å²) in [5.74, 6) is 0.755. The number of rotatable bonds is 3. The molecular formula is C22H16F3N7. The van der Waals surface area contributed by atoms with Crippen LogP contribution in [0.1, 0.15) is 11.1 Å². The number of imidazole rings is 2. The van der Waals surface area contributed by atoms with Crippen molar-refractivity contribution in [3.63, 3.8) is 0 Å². The Kier molecular flexibility index (Phi) is 4.43. The lowest BCUT2D eigenvalue weighted by Gasteiger charge is -2.10. The summed E-state index contributed by atoms with van der Waals surface area (Å²) in [5, 5.41) is 0. The summed E-state index contributed by atoms with van der Waals surface area (Å²) in [5.41, 5.74) is 9.95. The van der Waals surface area contributed by atoms with Crippen molar-refractivity contribution in [3.8, 4) is 33.9 Å². The lowest BCUT2D eigenvalue weighted by Crippen LogP contribution is -2.04. The Balaban J connectivity index is 1.56. The van der Waals surface area contributed by atoms with Crippen molar-refractivity contribution >= 4 is 11.6 Å². The second kappa shape index (κ2) is 7.19. The van der Waals surface area contributed by atoms with Crippen LogP contribution < -0.4 is 5.73 Å². The highest BCUT2D eigenvalue weighted by molar-refractivity contribution is 5.71. The quantitative estimate of drug-likeness (QED) is 0.426. The number of aromatic amines is 1. The fourth-order valence-corrected chi connectivity index (χ4v) is 3.51. The van der Waals surface area contributed by atoms with Gasteiger partial charge in [0.15, 0.2) is 5.82 Å². The van der Waals surface area contributed by atoms with E-state index in [9.17, 15) is 13.2 Å². The van der Waals surface area contributed by atoms with Crippen molar-refractivity contribution in [2.45, 2.75) is 13.1 Å². The monoisotopic (exact) mass is 435 g/mol. The van der Waals surface area contributed by atoms with Crippen LogP contribution in [0.5, 0.6) is 0 Å². The highest BCUT2D eigenvalue weighted by atomic mass is 19.4. The number of H-pyrrole nitrogens is 1. The Morgan fingerprint density at radius 2 is 1.66 bits per heavy atom. The number of nitrogens with zero attached hydrogens (tertiary/aromatic N) is 5. The predicted molar refractivity (Wildman–Crippen MR) is 113 cm³/mol. The molecule has 0 saturated carbocycles. The second-order valence-electron chi connectivity index (χ2n) is 7.29. The van der Waals surface area contributed by atoms with E-state index in [0.29, 0.717) is 28.3 Å². The molecule has 0 aliphatic carbocycles. The zero-order valence-electron chi connectivity index (χ0n) is 16.7. The summed E-state index contributed by atoms with van der Waals surface area (Å²) in [6, 6.07) is 6.99. The molecule has 0 amide bonds. The van der Waals surface area contributed by atoms with E-state index in [2.05, 4.69) is 24.9 Å². The van der Waals surface area contributed by atoms with Gasteiger partial charge < -0.3 is 10.7 Å². The fourth-order valence-electron chi connectivity index (χ4n) is 3.51. The highest BCUT2D eigenvalue weighted by Gasteiger charge is 2.30. The van der Waals surface area contributed by atoms with Gasteiger partial charge in [0.1, 0.15) is 11.3 Å². The molecule has 0 bridgehead atoms. The molecule has 0 fully saturated rings. The van der Waals surface area contributed by atoms with E-state index in [-0.39, 0.29) is 5.95 Å². The smallest absolute Gasteiger partial charge is 0.368 e. The summed E-state index contributed by atoms with van der Waals surface area (Å²) < 4.78 is 40.6. The molecule has 0 radical (unpaired) electrons. The van der Waals surface area contributed by atoms with Gasteiger partial charge in [-0.1, -0.05) is 12.1 Å². The third kappa shape index (κ3) is 3.45. The number of hydrogen-bond acceptors (Lipinski definition) is 5. The van der Waals surface area contributed by atoms with Crippen molar-refractivity contribution in [2.75, 3.05) is 5.73 Å². The normalized spacial score (nSPS) is 11.9. The molecule has 32 heavy (non-hydrogen) atoms. The van der Waals surface area contributed by atoms with Crippen LogP contribution in [0.4, 0.5) is 19.1 Å². The van der Waals surface area contributed by atoms with E-state index in [1.807, 2.05) is 23.6 Å². The largest absolute Gasteiger partial charge is 0.416 e. The number of aromatic nitrogens is 6. The van der Waals surface area contributed by atoms with Gasteiger partial charge in [-0.3, -0.25) is 4.40 Å². The van der Waals surface area contributed by atoms with Gasteiger partial charge in [-0.15, -0.1) is 0 Å². The third-order valence-corrected chi connectivity index (χ3v) is 5.12. The summed E-state index contributed by atoms with van der Waals surface area (Å²) in [6.45, 7) is 1.90. The molecule has 4 heterocycles. The van der Waals surface area contributed by atoms with Crippen LogP contribution in [-0.2, 0) is 6.18 Å². The van der Waals surface area contributed by atoms with Crippen LogP contribution in [0.15, 0.2) is 61.3 Å². The standard InChI is InChI=1S/C22H16F3N7/c1-12-6-14(13-2-4-16(5-3-13)22(23,24)25)11-32-18(10-28-20(12)32)19-27-9-17(31-19)15-7-29-21(26)30-8-15/h2-11H,1H3,(H,27,31)(H2,26,29,30). The average molecular weight is 435 g/mol. The third-order valence-electron chi connectivity index (χ3n) is 5.12. The summed E-state index contributed by atoms with van der Waals surface area (Å²) in [7, 11) is 0. The summed E-state index contributed by atoms with van der Waals surface area (Å²) >= 11 is 0. The first kappa shape index (κ1) is 19.7. The predicted octanol–water partition coefficient (Wildman–Crippen LogP) is 4.76. The van der Waals surface area contributed by atoms with Crippen molar-refractivity contribution in [3.05, 3.63) is 72.4 Å². The molecule has 0 aliphatic heterocycles. The van der Waals surface area contributed by atoms with Crippen molar-refractivity contribution in [2.24, 2.45) is 0 Å². The Morgan fingerprint density at radius 3 is 2.34 bits per heavy atom. The number of fused-ring (bicyclic) bond motifs is 1. The SMILES string of the molecule is Cc1cc(-c2ccc(C(F)(F)F)cc2)cn2c(-c3nc(-c4cnc(N)nc4)c[nH]3)cnc12. The van der Waals surface area contributed by atoms with Gasteiger partial charge in [-0.2, -0.15) is 13.2 Å². The highest BCUT2D eigenvalue weighted by Crippen LogP contribution is 2.32. The maximum atomic E-state index is 12.9. The molecule has 7 nitrogen and oxygen atoms in total. The molecular weight excluding hydrogens is 419 g/mol. The van der Waals surface area contributed by atoms with Gasteiger partial charge in [0.05, 0.1) is 17.5 Å². The summed E-state index contributed by atoms with van der Waals surface area (Å²) in [4.78, 5) is 20.2. The van der Waals surface area contributed by atoms with Crippen LogP contribution >= 0.6 is 0 Å². The van der Waals surface area contributed by atoms with Crippen LogP contribution in [0.3, 0.4) is 0 Å². The molecule has 5 rings (SSSR count). The van der Waals surface area contributed by atoms with Crippen LogP contribution in [-0.4, -0.2) is 29.3 Å². The Morgan fingerprint density at radius 1 is 0.938 bits per heavy atom. The number of pyridine rings is 1. The van der Waals surface area contributed by atoms with Crippen LogP contribution in [0, 0.1) is 6.92 Å². The molecule has 0 aliphatic rings. The molecule has 1 aromatic carbocycles. The van der Waals surface area contributed by atoms with E-state index >= 15 is 0 Å². The summed E-state index contributed by atoms with van der Waals surface area (Å²) in [6.07, 6.45) is 4.06. The molecule has 10 heteroatoms. The van der Waals surface area contributed by atoms with E-state index in [1.54, 1.807) is 24.8 Å². The number of benzene rings is 1. The fraction of sp³-hybridized carbons (Fsp3) is 0.0909. The first-order valence-corrected chi connectivity index (χ1v) is 9.58. The van der Waals surface area contributed by atoms with E-state index < -0.39 is 11.7 Å². The van der Waals surface area contributed by atoms with Crippen LogP contribution in [0.2, 0.25) is 0 Å². The minimum absolute atomic E-state index is 0.178. The van der Waals surface area contributed by atoms with E-state index in [4.69, 9.17) is 5.73 Å². The lowest BCUT2D eigenvalue weighted by molar-refractivity contribution is -0.137. The van der Waals surface area contributed by atoms with Gasteiger partial charge in [-0.05, 0) is 41.8 Å². The van der Waals surface area contributed by atoms with Crippen molar-refractivity contribution in [1.82, 2.24) is 29.3 Å². The second-order valence-corrected chi connectivity index (χ2v) is 7.29. The number of alkyl halides is 3. The minimum atomic E-state index is -4.37. The topological polar surface area (TPSA) is 97.8 Å². The Hall–Kier alpha value is -4.21. The van der Waals surface area contributed by atoms with Crippen molar-refractivity contribution in [1.29, 1.82) is 0 Å². The lowest BCUT2D eigenvalue weighted by atomic mass is 10.0. The molecule has 0 spiro atoms. The number of hydrogen-bond donors (Lipinski definition) is 2. The van der Waals surface area contributed by atoms with Gasteiger partial charge in [0.2, 0.25) is 5.95 Å². The molecule has 3 N–H and O–H groups in total. The zero-order chi connectivity index (χ0) is 22.5. The maximum Gasteiger partial charge on any atom is 0.416 e. The number of nitrogen functional groups attached to an aromatic ring is 1. The number of anilines is 1. The van der Waals surface area contributed by atoms with Crippen LogP contribution in [0.25, 0.3) is 39.5 Å². The van der Waals surface area contributed by atoms with Crippen molar-refractivity contribution < 1.29 is 13.2 Å². The molecule has 160 valence electrons. The number of nitrogens with one attached hydrogen (secondary N) is 1. The molecule has 4 aromatic heterocycles. The Bertz CT molecular complexity index is 1420. The molecule has 5 aromatic rings. The van der Waals surface area contributed by atoms with Gasteiger partial charge >= 0.3 is 6.18 Å². The number of aryl methyl sites for hydroxylation is 1. The molecule has 0 atom stereocenters. The first-order valence-electron chi connectivity index (χ1n) is 9.58.